The Morgan fingerprint density at radius 1 is 0.136 bits per heavy atom. The quantitative estimate of drug-likeness (QED) is 0.105. The summed E-state index contributed by atoms with van der Waals surface area (Å²) in [6.07, 6.45) is 0. The van der Waals surface area contributed by atoms with Crippen LogP contribution >= 0.6 is 0 Å². The fourth-order valence-corrected chi connectivity index (χ4v) is 19.2. The summed E-state index contributed by atoms with van der Waals surface area (Å²) in [5.74, 6) is 0. The van der Waals surface area contributed by atoms with Gasteiger partial charge < -0.3 is 0 Å². The molecule has 20 aromatic rings. The van der Waals surface area contributed by atoms with Crippen LogP contribution in [-0.2, 0) is 10.8 Å². The van der Waals surface area contributed by atoms with E-state index in [1.807, 2.05) is 0 Å². The maximum absolute atomic E-state index is 2.43. The average molecular weight is 1400 g/mol. The van der Waals surface area contributed by atoms with Crippen molar-refractivity contribution >= 4 is 86.2 Å². The molecule has 516 valence electrons. The third-order valence-electron chi connectivity index (χ3n) is 24.4. The largest absolute Gasteiger partial charge is 0.0622 e. The minimum absolute atomic E-state index is 0.0810. The van der Waals surface area contributed by atoms with Gasteiger partial charge in [-0.05, 0) is 274 Å². The standard InChI is InChI=1S/C59H40.C51H36/c1-59(2)54-31-15-30-45(58(54)53-34-37-16-3-4-17-38(37)36-55(53)59)39-19-13-21-42(32-39)56-48-26-9-11-28-50(48)57(51-29-12-10-27-49(51)56)43-22-14-20-40(33-43)52-35-41-18-5-6-23-44(41)46-24-7-8-25-47(46)52;1-51(2)46-28-14-27-40(50(46)45-31-35-17-6-7-18-36(35)32-47(45)51)37-20-13-22-39(30-37)49-43-25-10-8-23-41(43)48(42-24-9-11-26-44(42)49)38-21-12-19-34(29-38)33-15-4-3-5-16-33/h3-36H,1-2H3;3-32H,1-2H3. The van der Waals surface area contributed by atoms with Gasteiger partial charge in [0.2, 0.25) is 0 Å². The highest BCUT2D eigenvalue weighted by Gasteiger charge is 2.39. The molecule has 0 aromatic heterocycles. The van der Waals surface area contributed by atoms with Crippen molar-refractivity contribution in [2.24, 2.45) is 0 Å². The predicted octanol–water partition coefficient (Wildman–Crippen LogP) is 30.5. The molecule has 0 bridgehead atoms. The Balaban J connectivity index is 0.000000141. The zero-order valence-electron chi connectivity index (χ0n) is 62.0. The molecule has 0 heterocycles. The van der Waals surface area contributed by atoms with E-state index in [2.05, 4.69) is 416 Å². The summed E-state index contributed by atoms with van der Waals surface area (Å²) in [7, 11) is 0. The monoisotopic (exact) mass is 1400 g/mol. The van der Waals surface area contributed by atoms with Crippen molar-refractivity contribution in [2.45, 2.75) is 38.5 Å². The Kier molecular flexibility index (Phi) is 15.1. The average Bonchev–Trinajstić information content (AvgIpc) is 1.37. The first-order valence-corrected chi connectivity index (χ1v) is 38.7. The highest BCUT2D eigenvalue weighted by Crippen LogP contribution is 2.57. The van der Waals surface area contributed by atoms with E-state index in [-0.39, 0.29) is 10.8 Å². The summed E-state index contributed by atoms with van der Waals surface area (Å²) in [5, 5.41) is 20.4. The van der Waals surface area contributed by atoms with Crippen LogP contribution in [0.3, 0.4) is 0 Å². The first-order valence-electron chi connectivity index (χ1n) is 38.7. The van der Waals surface area contributed by atoms with Crippen LogP contribution in [0.5, 0.6) is 0 Å². The molecule has 0 spiro atoms. The topological polar surface area (TPSA) is 0 Å². The minimum atomic E-state index is -0.0940. The Bertz CT molecular complexity index is 7090. The molecule has 0 unspecified atom stereocenters. The number of hydrogen-bond donors (Lipinski definition) is 0. The third-order valence-corrected chi connectivity index (χ3v) is 24.4. The van der Waals surface area contributed by atoms with Crippen LogP contribution in [0, 0.1) is 0 Å². The Morgan fingerprint density at radius 3 is 0.791 bits per heavy atom. The summed E-state index contributed by atoms with van der Waals surface area (Å²) in [6.45, 7) is 9.52. The molecule has 22 rings (SSSR count). The molecular formula is C110H76. The lowest BCUT2D eigenvalue weighted by Gasteiger charge is -2.22. The SMILES string of the molecule is CC1(C)c2cc3ccccc3cc2-c2c(-c3cccc(-c4c5ccccc5c(-c5cccc(-c6cc7ccccc7c7ccccc67)c5)c5ccccc45)c3)cccc21.CC1(C)c2cc3ccccc3cc2-c2c(-c3cccc(-c4c5ccccc5c(-c5cccc(-c6ccccc6)c5)c5ccccc45)c3)cccc21. The van der Waals surface area contributed by atoms with Gasteiger partial charge in [-0.3, -0.25) is 0 Å². The number of rotatable bonds is 8. The van der Waals surface area contributed by atoms with E-state index in [0.717, 1.165) is 0 Å². The molecule has 0 saturated heterocycles. The third kappa shape index (κ3) is 10.3. The van der Waals surface area contributed by atoms with E-state index in [4.69, 9.17) is 0 Å². The zero-order valence-corrected chi connectivity index (χ0v) is 62.0. The summed E-state index contributed by atoms with van der Waals surface area (Å²) >= 11 is 0. The molecule has 0 saturated carbocycles. The van der Waals surface area contributed by atoms with Gasteiger partial charge in [0, 0.05) is 10.8 Å². The molecule has 20 aromatic carbocycles. The Hall–Kier alpha value is -13.5. The van der Waals surface area contributed by atoms with Gasteiger partial charge in [-0.25, -0.2) is 0 Å². The van der Waals surface area contributed by atoms with Crippen molar-refractivity contribution in [1.82, 2.24) is 0 Å². The molecule has 0 nitrogen and oxygen atoms in total. The van der Waals surface area contributed by atoms with Gasteiger partial charge >= 0.3 is 0 Å². The summed E-state index contributed by atoms with van der Waals surface area (Å²) in [4.78, 5) is 0. The normalized spacial score (nSPS) is 13.1. The van der Waals surface area contributed by atoms with Gasteiger partial charge in [0.15, 0.2) is 0 Å². The van der Waals surface area contributed by atoms with Crippen LogP contribution in [0.15, 0.2) is 388 Å². The first-order chi connectivity index (χ1) is 54.1. The lowest BCUT2D eigenvalue weighted by molar-refractivity contribution is 0.661. The predicted molar refractivity (Wildman–Crippen MR) is 472 cm³/mol. The van der Waals surface area contributed by atoms with Gasteiger partial charge in [0.25, 0.3) is 0 Å². The second-order valence-electron chi connectivity index (χ2n) is 31.3. The van der Waals surface area contributed by atoms with Gasteiger partial charge in [0.1, 0.15) is 0 Å². The second-order valence-corrected chi connectivity index (χ2v) is 31.3. The van der Waals surface area contributed by atoms with E-state index in [0.29, 0.717) is 0 Å². The highest BCUT2D eigenvalue weighted by molar-refractivity contribution is 6.24. The van der Waals surface area contributed by atoms with Gasteiger partial charge in [-0.2, -0.15) is 0 Å². The fourth-order valence-electron chi connectivity index (χ4n) is 19.2. The summed E-state index contributed by atoms with van der Waals surface area (Å²) < 4.78 is 0. The molecule has 0 amide bonds. The lowest BCUT2D eigenvalue weighted by atomic mass is 9.81. The van der Waals surface area contributed by atoms with Crippen molar-refractivity contribution in [3.8, 4) is 111 Å². The Labute approximate surface area is 642 Å². The molecule has 0 atom stereocenters. The molecule has 0 heteroatoms. The van der Waals surface area contributed by atoms with Gasteiger partial charge in [-0.15, -0.1) is 0 Å². The van der Waals surface area contributed by atoms with E-state index >= 15 is 0 Å². The minimum Gasteiger partial charge on any atom is -0.0622 e. The van der Waals surface area contributed by atoms with Crippen molar-refractivity contribution in [3.05, 3.63) is 411 Å². The molecule has 0 aliphatic heterocycles. The summed E-state index contributed by atoms with van der Waals surface area (Å²) in [5.41, 5.74) is 30.9. The maximum Gasteiger partial charge on any atom is 0.0159 e. The van der Waals surface area contributed by atoms with Crippen molar-refractivity contribution in [2.75, 3.05) is 0 Å². The van der Waals surface area contributed by atoms with Gasteiger partial charge in [0.05, 0.1) is 0 Å². The highest BCUT2D eigenvalue weighted by atomic mass is 14.4. The molecule has 0 radical (unpaired) electrons. The fraction of sp³-hybridized carbons (Fsp3) is 0.0545. The van der Waals surface area contributed by atoms with Crippen molar-refractivity contribution in [3.63, 3.8) is 0 Å². The van der Waals surface area contributed by atoms with E-state index < -0.39 is 0 Å². The number of hydrogen-bond acceptors (Lipinski definition) is 0. The van der Waals surface area contributed by atoms with Gasteiger partial charge in [-0.1, -0.05) is 361 Å². The first kappa shape index (κ1) is 64.8. The van der Waals surface area contributed by atoms with Crippen LogP contribution in [0.25, 0.3) is 197 Å². The van der Waals surface area contributed by atoms with Crippen molar-refractivity contribution in [1.29, 1.82) is 0 Å². The molecular weight excluding hydrogens is 1320 g/mol. The molecule has 110 heavy (non-hydrogen) atoms. The van der Waals surface area contributed by atoms with Crippen LogP contribution in [-0.4, -0.2) is 0 Å². The van der Waals surface area contributed by atoms with Crippen LogP contribution in [0.4, 0.5) is 0 Å². The van der Waals surface area contributed by atoms with Crippen LogP contribution in [0.1, 0.15) is 49.9 Å². The van der Waals surface area contributed by atoms with E-state index in [9.17, 15) is 0 Å². The number of fused-ring (bicyclic) bond motifs is 15. The Morgan fingerprint density at radius 2 is 0.400 bits per heavy atom. The smallest absolute Gasteiger partial charge is 0.0159 e. The van der Waals surface area contributed by atoms with E-state index in [1.54, 1.807) is 0 Å². The maximum atomic E-state index is 2.43. The number of benzene rings is 20. The van der Waals surface area contributed by atoms with Crippen LogP contribution in [0.2, 0.25) is 0 Å². The molecule has 0 N–H and O–H groups in total. The van der Waals surface area contributed by atoms with E-state index in [1.165, 1.54) is 220 Å². The summed E-state index contributed by atoms with van der Waals surface area (Å²) in [6, 6.07) is 144. The molecule has 2 aliphatic carbocycles. The molecule has 2 aliphatic rings. The zero-order chi connectivity index (χ0) is 73.3. The second kappa shape index (κ2) is 25.6. The lowest BCUT2D eigenvalue weighted by Crippen LogP contribution is -2.14. The molecule has 0 fully saturated rings. The van der Waals surface area contributed by atoms with Crippen molar-refractivity contribution < 1.29 is 0 Å². The van der Waals surface area contributed by atoms with Crippen LogP contribution < -0.4 is 0 Å².